The molecule has 0 saturated carbocycles. The Morgan fingerprint density at radius 2 is 1.96 bits per heavy atom. The average Bonchev–Trinajstić information content (AvgIpc) is 2.88. The molecule has 26 heavy (non-hydrogen) atoms. The van der Waals surface area contributed by atoms with Crippen LogP contribution in [-0.2, 0) is 24.8 Å². The van der Waals surface area contributed by atoms with Crippen molar-refractivity contribution in [3.63, 3.8) is 0 Å². The molecule has 2 N–H and O–H groups in total. The number of halogens is 1. The van der Waals surface area contributed by atoms with Gasteiger partial charge in [0.2, 0.25) is 11.8 Å². The van der Waals surface area contributed by atoms with Gasteiger partial charge in [-0.15, -0.1) is 24.0 Å². The zero-order chi connectivity index (χ0) is 19.0. The number of methoxy groups -OCH3 is 1. The van der Waals surface area contributed by atoms with E-state index in [1.165, 1.54) is 4.90 Å². The molecule has 0 aliphatic carbocycles. The predicted molar refractivity (Wildman–Crippen MR) is 115 cm³/mol. The molecule has 0 atom stereocenters. The van der Waals surface area contributed by atoms with E-state index >= 15 is 0 Å². The van der Waals surface area contributed by atoms with Crippen molar-refractivity contribution in [2.45, 2.75) is 26.8 Å². The van der Waals surface area contributed by atoms with Crippen molar-refractivity contribution in [2.75, 3.05) is 34.3 Å². The van der Waals surface area contributed by atoms with Crippen molar-refractivity contribution in [1.29, 1.82) is 0 Å². The lowest BCUT2D eigenvalue weighted by atomic mass is 10.2. The van der Waals surface area contributed by atoms with Crippen LogP contribution in [0.1, 0.15) is 25.1 Å². The maximum absolute atomic E-state index is 11.8. The minimum Gasteiger partial charge on any atom is -0.481 e. The molecule has 0 unspecified atom stereocenters. The Morgan fingerprint density at radius 3 is 2.46 bits per heavy atom. The summed E-state index contributed by atoms with van der Waals surface area (Å²) >= 11 is 0. The smallest absolute Gasteiger partial charge is 0.241 e. The summed E-state index contributed by atoms with van der Waals surface area (Å²) in [5.41, 5.74) is 2.87. The molecule has 0 fully saturated rings. The lowest BCUT2D eigenvalue weighted by Crippen LogP contribution is -2.43. The Kier molecular flexibility index (Phi) is 11.0. The van der Waals surface area contributed by atoms with E-state index in [-0.39, 0.29) is 36.4 Å². The number of aromatic nitrogens is 2. The number of hydrogen-bond acceptors (Lipinski definition) is 4. The van der Waals surface area contributed by atoms with Crippen molar-refractivity contribution in [1.82, 2.24) is 25.3 Å². The third-order valence-electron chi connectivity index (χ3n) is 3.56. The number of ether oxygens (including phenoxy) is 1. The second-order valence-corrected chi connectivity index (χ2v) is 6.03. The Bertz CT molecular complexity index is 639. The monoisotopic (exact) mass is 478 g/mol. The maximum atomic E-state index is 11.8. The summed E-state index contributed by atoms with van der Waals surface area (Å²) < 4.78 is 7.15. The molecule has 0 aliphatic heterocycles. The molecule has 1 rings (SSSR count). The van der Waals surface area contributed by atoms with Crippen molar-refractivity contribution in [2.24, 2.45) is 12.0 Å². The SMILES string of the molecule is C=C(C)CNC(=NCc1c(CC)nn(C)c1OC)NCC(=O)N(C)C.I. The molecule has 9 heteroatoms. The first-order valence-corrected chi connectivity index (χ1v) is 8.25. The highest BCUT2D eigenvalue weighted by atomic mass is 127. The topological polar surface area (TPSA) is 83.8 Å². The van der Waals surface area contributed by atoms with E-state index in [1.807, 2.05) is 20.9 Å². The molecule has 0 aromatic carbocycles. The van der Waals surface area contributed by atoms with Gasteiger partial charge in [-0.05, 0) is 13.3 Å². The number of guanidine groups is 1. The fourth-order valence-electron chi connectivity index (χ4n) is 2.19. The summed E-state index contributed by atoms with van der Waals surface area (Å²) in [7, 11) is 6.91. The van der Waals surface area contributed by atoms with E-state index in [9.17, 15) is 4.79 Å². The van der Waals surface area contributed by atoms with Crippen LogP contribution >= 0.6 is 24.0 Å². The summed E-state index contributed by atoms with van der Waals surface area (Å²) in [6, 6.07) is 0. The Balaban J connectivity index is 0.00000625. The first-order chi connectivity index (χ1) is 11.8. The van der Waals surface area contributed by atoms with Crippen LogP contribution in [0, 0.1) is 0 Å². The molecule has 148 valence electrons. The summed E-state index contributed by atoms with van der Waals surface area (Å²) in [4.78, 5) is 17.9. The van der Waals surface area contributed by atoms with Gasteiger partial charge in [0.25, 0.3) is 0 Å². The van der Waals surface area contributed by atoms with Gasteiger partial charge in [-0.25, -0.2) is 9.67 Å². The lowest BCUT2D eigenvalue weighted by molar-refractivity contribution is -0.127. The van der Waals surface area contributed by atoms with Gasteiger partial charge in [0, 0.05) is 27.7 Å². The van der Waals surface area contributed by atoms with E-state index in [2.05, 4.69) is 27.3 Å². The number of nitrogens with zero attached hydrogens (tertiary/aromatic N) is 4. The van der Waals surface area contributed by atoms with E-state index in [0.29, 0.717) is 24.9 Å². The molecule has 0 aliphatic rings. The first kappa shape index (κ1) is 24.2. The minimum absolute atomic E-state index is 0. The Morgan fingerprint density at radius 1 is 1.35 bits per heavy atom. The van der Waals surface area contributed by atoms with Crippen molar-refractivity contribution in [3.05, 3.63) is 23.4 Å². The van der Waals surface area contributed by atoms with Crippen LogP contribution in [0.15, 0.2) is 17.1 Å². The molecule has 0 spiro atoms. The Hall–Kier alpha value is -1.78. The molecule has 1 aromatic rings. The number of amides is 1. The van der Waals surface area contributed by atoms with Crippen LogP contribution in [-0.4, -0.2) is 60.8 Å². The highest BCUT2D eigenvalue weighted by Gasteiger charge is 2.15. The quantitative estimate of drug-likeness (QED) is 0.255. The van der Waals surface area contributed by atoms with Gasteiger partial charge >= 0.3 is 0 Å². The zero-order valence-electron chi connectivity index (χ0n) is 16.5. The molecule has 1 heterocycles. The number of carbonyl (C=O) groups is 1. The molecule has 0 saturated heterocycles. The van der Waals surface area contributed by atoms with Gasteiger partial charge in [-0.2, -0.15) is 5.10 Å². The predicted octanol–water partition coefficient (Wildman–Crippen LogP) is 1.31. The van der Waals surface area contributed by atoms with Crippen molar-refractivity contribution < 1.29 is 9.53 Å². The van der Waals surface area contributed by atoms with E-state index in [1.54, 1.807) is 25.9 Å². The number of likely N-dealkylation sites (N-methyl/N-ethyl adjacent to an activating group) is 1. The van der Waals surface area contributed by atoms with Crippen LogP contribution in [0.4, 0.5) is 0 Å². The summed E-state index contributed by atoms with van der Waals surface area (Å²) in [5.74, 6) is 1.22. The van der Waals surface area contributed by atoms with Crippen LogP contribution in [0.3, 0.4) is 0 Å². The number of aliphatic imine (C=N–C) groups is 1. The normalized spacial score (nSPS) is 10.8. The van der Waals surface area contributed by atoms with Crippen LogP contribution in [0.5, 0.6) is 5.88 Å². The number of carbonyl (C=O) groups excluding carboxylic acids is 1. The molecular weight excluding hydrogens is 447 g/mol. The molecule has 0 bridgehead atoms. The molecule has 8 nitrogen and oxygen atoms in total. The highest BCUT2D eigenvalue weighted by molar-refractivity contribution is 14.0. The minimum atomic E-state index is -0.0296. The number of aryl methyl sites for hydroxylation is 2. The third-order valence-corrected chi connectivity index (χ3v) is 3.56. The van der Waals surface area contributed by atoms with E-state index in [4.69, 9.17) is 4.74 Å². The maximum Gasteiger partial charge on any atom is 0.241 e. The number of nitrogens with one attached hydrogen (secondary N) is 2. The largest absolute Gasteiger partial charge is 0.481 e. The fraction of sp³-hybridized carbons (Fsp3) is 0.588. The summed E-state index contributed by atoms with van der Waals surface area (Å²) in [6.07, 6.45) is 0.795. The first-order valence-electron chi connectivity index (χ1n) is 8.25. The highest BCUT2D eigenvalue weighted by Crippen LogP contribution is 2.22. The molecule has 1 aromatic heterocycles. The van der Waals surface area contributed by atoms with Gasteiger partial charge in [0.05, 0.1) is 31.5 Å². The van der Waals surface area contributed by atoms with Crippen LogP contribution in [0.25, 0.3) is 0 Å². The van der Waals surface area contributed by atoms with Crippen molar-refractivity contribution >= 4 is 35.8 Å². The molecule has 0 radical (unpaired) electrons. The molecule has 1 amide bonds. The molecular formula is C17H31IN6O2. The van der Waals surface area contributed by atoms with Crippen LogP contribution in [0.2, 0.25) is 0 Å². The summed E-state index contributed by atoms with van der Waals surface area (Å²) in [5, 5.41) is 10.7. The zero-order valence-corrected chi connectivity index (χ0v) is 18.9. The van der Waals surface area contributed by atoms with Gasteiger partial charge in [-0.3, -0.25) is 4.79 Å². The van der Waals surface area contributed by atoms with Crippen molar-refractivity contribution in [3.8, 4) is 5.88 Å². The number of rotatable bonds is 8. The van der Waals surface area contributed by atoms with Gasteiger partial charge in [-0.1, -0.05) is 19.1 Å². The van der Waals surface area contributed by atoms with Crippen LogP contribution < -0.4 is 15.4 Å². The third kappa shape index (κ3) is 7.22. The van der Waals surface area contributed by atoms with E-state index in [0.717, 1.165) is 23.3 Å². The number of hydrogen-bond donors (Lipinski definition) is 2. The van der Waals surface area contributed by atoms with E-state index < -0.39 is 0 Å². The van der Waals surface area contributed by atoms with Gasteiger partial charge in [0.15, 0.2) is 5.96 Å². The lowest BCUT2D eigenvalue weighted by Gasteiger charge is -2.15. The summed E-state index contributed by atoms with van der Waals surface area (Å²) in [6.45, 7) is 8.99. The van der Waals surface area contributed by atoms with Gasteiger partial charge < -0.3 is 20.3 Å². The second kappa shape index (κ2) is 11.8. The average molecular weight is 478 g/mol. The Labute approximate surface area is 173 Å². The van der Waals surface area contributed by atoms with Gasteiger partial charge in [0.1, 0.15) is 0 Å². The standard InChI is InChI=1S/C17H30N6O2.HI/c1-8-14-13(16(25-7)23(6)21-14)10-19-17(18-9-12(2)3)20-11-15(24)22(4)5;/h2,8-11H2,1,3-7H3,(H2,18,19,20);1H. The fourth-order valence-corrected chi connectivity index (χ4v) is 2.19. The second-order valence-electron chi connectivity index (χ2n) is 6.03.